The number of nitrogens with zero attached hydrogens (tertiary/aromatic N) is 1. The molecular weight excluding hydrogens is 375 g/mol. The predicted octanol–water partition coefficient (Wildman–Crippen LogP) is 4.73. The Morgan fingerprint density at radius 3 is 2.79 bits per heavy atom. The van der Waals surface area contributed by atoms with Gasteiger partial charge < -0.3 is 10.1 Å². The Kier molecular flexibility index (Phi) is 7.28. The second-order valence-electron chi connectivity index (χ2n) is 6.43. The van der Waals surface area contributed by atoms with Crippen LogP contribution in [0.15, 0.2) is 53.9 Å². The highest BCUT2D eigenvalue weighted by Gasteiger charge is 2.10. The van der Waals surface area contributed by atoms with Crippen molar-refractivity contribution in [1.82, 2.24) is 10.3 Å². The number of halogens is 1. The lowest BCUT2D eigenvalue weighted by atomic mass is 10.1. The molecule has 3 aromatic rings. The first-order valence-corrected chi connectivity index (χ1v) is 10.1. The molecule has 0 bridgehead atoms. The lowest BCUT2D eigenvalue weighted by molar-refractivity contribution is -0.120. The van der Waals surface area contributed by atoms with E-state index >= 15 is 0 Å². The molecule has 0 aliphatic carbocycles. The minimum atomic E-state index is -0.298. The molecule has 0 radical (unpaired) electrons. The first-order chi connectivity index (χ1) is 13.7. The summed E-state index contributed by atoms with van der Waals surface area (Å²) in [5, 5.41) is 5.50. The summed E-state index contributed by atoms with van der Waals surface area (Å²) in [7, 11) is 0. The largest absolute Gasteiger partial charge is 0.377 e. The molecule has 4 nitrogen and oxygen atoms in total. The van der Waals surface area contributed by atoms with Crippen LogP contribution in [-0.2, 0) is 29.1 Å². The molecule has 0 unspecified atom stereocenters. The molecule has 1 heterocycles. The average Bonchev–Trinajstić information content (AvgIpc) is 3.16. The van der Waals surface area contributed by atoms with Crippen LogP contribution in [0.5, 0.6) is 0 Å². The Labute approximate surface area is 168 Å². The number of nitrogens with one attached hydrogen (secondary N) is 1. The van der Waals surface area contributed by atoms with E-state index in [1.807, 2.05) is 35.7 Å². The first kappa shape index (κ1) is 20.2. The fraction of sp³-hybridized carbons (Fsp3) is 0.273. The number of hydrogen-bond acceptors (Lipinski definition) is 4. The van der Waals surface area contributed by atoms with Gasteiger partial charge in [0, 0.05) is 24.1 Å². The monoisotopic (exact) mass is 398 g/mol. The van der Waals surface area contributed by atoms with Gasteiger partial charge in [-0.25, -0.2) is 9.37 Å². The fourth-order valence-electron chi connectivity index (χ4n) is 2.76. The van der Waals surface area contributed by atoms with Crippen molar-refractivity contribution in [2.24, 2.45) is 0 Å². The van der Waals surface area contributed by atoms with Crippen LogP contribution in [0.1, 0.15) is 30.2 Å². The van der Waals surface area contributed by atoms with Crippen LogP contribution < -0.4 is 5.32 Å². The van der Waals surface area contributed by atoms with Crippen LogP contribution in [0.3, 0.4) is 0 Å². The highest BCUT2D eigenvalue weighted by Crippen LogP contribution is 2.24. The number of aromatic nitrogens is 1. The van der Waals surface area contributed by atoms with Gasteiger partial charge in [-0.3, -0.25) is 4.79 Å². The molecule has 0 atom stereocenters. The topological polar surface area (TPSA) is 51.2 Å². The van der Waals surface area contributed by atoms with Crippen LogP contribution >= 0.6 is 11.3 Å². The van der Waals surface area contributed by atoms with Crippen molar-refractivity contribution >= 4 is 17.2 Å². The van der Waals surface area contributed by atoms with E-state index in [-0.39, 0.29) is 18.1 Å². The molecule has 0 aliphatic rings. The van der Waals surface area contributed by atoms with E-state index in [1.165, 1.54) is 23.5 Å². The number of benzene rings is 2. The summed E-state index contributed by atoms with van der Waals surface area (Å²) in [6, 6.07) is 14.2. The standard InChI is InChI=1S/C22H23FN2O2S/c1-2-10-27-14-18-7-4-3-6-17(18)13-24-21(26)12-20-15-28-22(25-20)16-8-5-9-19(23)11-16/h3-9,11,15H,2,10,12-14H2,1H3,(H,24,26). The molecule has 2 aromatic carbocycles. The van der Waals surface area contributed by atoms with Crippen LogP contribution in [0, 0.1) is 5.82 Å². The van der Waals surface area contributed by atoms with Gasteiger partial charge in [-0.1, -0.05) is 43.3 Å². The number of ether oxygens (including phenoxy) is 1. The molecule has 1 aromatic heterocycles. The Bertz CT molecular complexity index is 926. The van der Waals surface area contributed by atoms with Crippen molar-refractivity contribution in [1.29, 1.82) is 0 Å². The Balaban J connectivity index is 1.55. The maximum Gasteiger partial charge on any atom is 0.226 e. The average molecular weight is 399 g/mol. The molecule has 1 amide bonds. The van der Waals surface area contributed by atoms with E-state index in [1.54, 1.807) is 6.07 Å². The highest BCUT2D eigenvalue weighted by atomic mass is 32.1. The van der Waals surface area contributed by atoms with Crippen LogP contribution in [0.25, 0.3) is 10.6 Å². The van der Waals surface area contributed by atoms with Gasteiger partial charge in [-0.15, -0.1) is 11.3 Å². The fourth-order valence-corrected chi connectivity index (χ4v) is 3.58. The van der Waals surface area contributed by atoms with E-state index < -0.39 is 0 Å². The number of amides is 1. The normalized spacial score (nSPS) is 10.8. The van der Waals surface area contributed by atoms with Crippen LogP contribution in [-0.4, -0.2) is 17.5 Å². The molecule has 0 fully saturated rings. The summed E-state index contributed by atoms with van der Waals surface area (Å²) in [5.41, 5.74) is 3.53. The lowest BCUT2D eigenvalue weighted by Crippen LogP contribution is -2.25. The smallest absolute Gasteiger partial charge is 0.226 e. The maximum atomic E-state index is 13.4. The summed E-state index contributed by atoms with van der Waals surface area (Å²) < 4.78 is 19.0. The molecule has 146 valence electrons. The van der Waals surface area contributed by atoms with E-state index in [4.69, 9.17) is 4.74 Å². The van der Waals surface area contributed by atoms with Crippen molar-refractivity contribution in [3.05, 3.63) is 76.5 Å². The van der Waals surface area contributed by atoms with Gasteiger partial charge >= 0.3 is 0 Å². The number of carbonyl (C=O) groups excluding carboxylic acids is 1. The molecule has 0 saturated heterocycles. The third-order valence-corrected chi connectivity index (χ3v) is 5.11. The summed E-state index contributed by atoms with van der Waals surface area (Å²) in [6.07, 6.45) is 1.17. The van der Waals surface area contributed by atoms with Crippen molar-refractivity contribution in [2.75, 3.05) is 6.61 Å². The number of hydrogen-bond donors (Lipinski definition) is 1. The van der Waals surface area contributed by atoms with Gasteiger partial charge in [0.1, 0.15) is 10.8 Å². The molecule has 0 saturated carbocycles. The molecular formula is C22H23FN2O2S. The summed E-state index contributed by atoms with van der Waals surface area (Å²) in [5.74, 6) is -0.394. The van der Waals surface area contributed by atoms with E-state index in [0.717, 1.165) is 29.7 Å². The summed E-state index contributed by atoms with van der Waals surface area (Å²) in [4.78, 5) is 16.8. The molecule has 1 N–H and O–H groups in total. The second-order valence-corrected chi connectivity index (χ2v) is 7.29. The number of rotatable bonds is 9. The minimum absolute atomic E-state index is 0.0969. The van der Waals surface area contributed by atoms with Gasteiger partial charge in [-0.2, -0.15) is 0 Å². The zero-order chi connectivity index (χ0) is 19.8. The molecule has 6 heteroatoms. The maximum absolute atomic E-state index is 13.4. The molecule has 0 aliphatic heterocycles. The number of carbonyl (C=O) groups is 1. The molecule has 3 rings (SSSR count). The minimum Gasteiger partial charge on any atom is -0.377 e. The van der Waals surface area contributed by atoms with E-state index in [9.17, 15) is 9.18 Å². The van der Waals surface area contributed by atoms with Gasteiger partial charge in [0.15, 0.2) is 0 Å². The third kappa shape index (κ3) is 5.71. The lowest BCUT2D eigenvalue weighted by Gasteiger charge is -2.11. The number of thiazole rings is 1. The predicted molar refractivity (Wildman–Crippen MR) is 109 cm³/mol. The second kappa shape index (κ2) is 10.1. The van der Waals surface area contributed by atoms with Crippen LogP contribution in [0.4, 0.5) is 4.39 Å². The summed E-state index contributed by atoms with van der Waals surface area (Å²) in [6.45, 7) is 3.79. The van der Waals surface area contributed by atoms with Gasteiger partial charge in [-0.05, 0) is 29.7 Å². The molecule has 28 heavy (non-hydrogen) atoms. The van der Waals surface area contributed by atoms with Crippen molar-refractivity contribution in [3.63, 3.8) is 0 Å². The Hall–Kier alpha value is -2.57. The van der Waals surface area contributed by atoms with Gasteiger partial charge in [0.05, 0.1) is 18.7 Å². The zero-order valence-corrected chi connectivity index (χ0v) is 16.6. The van der Waals surface area contributed by atoms with E-state index in [0.29, 0.717) is 23.9 Å². The van der Waals surface area contributed by atoms with Crippen molar-refractivity contribution in [3.8, 4) is 10.6 Å². The van der Waals surface area contributed by atoms with Crippen molar-refractivity contribution < 1.29 is 13.9 Å². The van der Waals surface area contributed by atoms with E-state index in [2.05, 4.69) is 17.2 Å². The molecule has 0 spiro atoms. The SMILES string of the molecule is CCCOCc1ccccc1CNC(=O)Cc1csc(-c2cccc(F)c2)n1. The quantitative estimate of drug-likeness (QED) is 0.530. The summed E-state index contributed by atoms with van der Waals surface area (Å²) >= 11 is 1.41. The highest BCUT2D eigenvalue weighted by molar-refractivity contribution is 7.13. The Morgan fingerprint density at radius 2 is 2.00 bits per heavy atom. The van der Waals surface area contributed by atoms with Crippen LogP contribution in [0.2, 0.25) is 0 Å². The van der Waals surface area contributed by atoms with Gasteiger partial charge in [0.25, 0.3) is 0 Å². The van der Waals surface area contributed by atoms with Gasteiger partial charge in [0.2, 0.25) is 5.91 Å². The Morgan fingerprint density at radius 1 is 1.18 bits per heavy atom. The third-order valence-electron chi connectivity index (χ3n) is 4.17. The zero-order valence-electron chi connectivity index (χ0n) is 15.8. The first-order valence-electron chi connectivity index (χ1n) is 9.27. The van der Waals surface area contributed by atoms with Crippen molar-refractivity contribution in [2.45, 2.75) is 32.9 Å².